The second-order valence-electron chi connectivity index (χ2n) is 6.85. The van der Waals surface area contributed by atoms with Gasteiger partial charge < -0.3 is 10.6 Å². The Labute approximate surface area is 149 Å². The number of fused-ring (bicyclic) bond motifs is 1. The normalized spacial score (nSPS) is 27.0. The fraction of sp³-hybridized carbons (Fsp3) is 0.765. The number of halogens is 1. The van der Waals surface area contributed by atoms with Gasteiger partial charge in [-0.25, -0.2) is 4.98 Å². The van der Waals surface area contributed by atoms with E-state index in [1.807, 2.05) is 0 Å². The average Bonchev–Trinajstić information content (AvgIpc) is 2.89. The summed E-state index contributed by atoms with van der Waals surface area (Å²) in [5.41, 5.74) is 1.23. The van der Waals surface area contributed by atoms with Gasteiger partial charge in [0, 0.05) is 16.8 Å². The number of aryl methyl sites for hydroxylation is 1. The van der Waals surface area contributed by atoms with Crippen LogP contribution in [-0.2, 0) is 17.6 Å². The maximum atomic E-state index is 12.4. The zero-order valence-corrected chi connectivity index (χ0v) is 15.7. The van der Waals surface area contributed by atoms with Gasteiger partial charge >= 0.3 is 0 Å². The molecule has 3 atom stereocenters. The molecule has 130 valence electrons. The molecule has 1 unspecified atom stereocenters. The molecule has 0 radical (unpaired) electrons. The fourth-order valence-electron chi connectivity index (χ4n) is 3.73. The van der Waals surface area contributed by atoms with E-state index >= 15 is 0 Å². The standard InChI is InChI=1S/C17H27N3OS.ClH/c1-3-4-12-5-6-14-15(10-12)22-17(19-14)20-16(21)13-7-8-18-11(2)9-13;/h11-13,18H,3-10H2,1-2H3,(H,19,20,21);1H/t11-,12?,13-;/m0./s1. The first-order chi connectivity index (χ1) is 10.7. The van der Waals surface area contributed by atoms with E-state index in [-0.39, 0.29) is 24.2 Å². The largest absolute Gasteiger partial charge is 0.314 e. The molecule has 1 fully saturated rings. The first-order valence-corrected chi connectivity index (χ1v) is 9.50. The highest BCUT2D eigenvalue weighted by Gasteiger charge is 2.27. The van der Waals surface area contributed by atoms with Crippen LogP contribution in [0.2, 0.25) is 0 Å². The Balaban J connectivity index is 0.00000192. The lowest BCUT2D eigenvalue weighted by atomic mass is 9.88. The van der Waals surface area contributed by atoms with E-state index < -0.39 is 0 Å². The molecule has 1 amide bonds. The molecule has 0 bridgehead atoms. The monoisotopic (exact) mass is 357 g/mol. The van der Waals surface area contributed by atoms with Crippen LogP contribution in [0, 0.1) is 11.8 Å². The van der Waals surface area contributed by atoms with Gasteiger partial charge in [-0.2, -0.15) is 0 Å². The number of piperidine rings is 1. The highest BCUT2D eigenvalue weighted by atomic mass is 35.5. The van der Waals surface area contributed by atoms with Crippen LogP contribution in [0.1, 0.15) is 56.5 Å². The van der Waals surface area contributed by atoms with Crippen molar-refractivity contribution >= 4 is 34.8 Å². The van der Waals surface area contributed by atoms with Gasteiger partial charge in [-0.05, 0) is 51.5 Å². The van der Waals surface area contributed by atoms with Crippen molar-refractivity contribution in [2.24, 2.45) is 11.8 Å². The molecule has 1 aromatic rings. The number of hydrogen-bond donors (Lipinski definition) is 2. The number of nitrogens with zero attached hydrogens (tertiary/aromatic N) is 1. The Hall–Kier alpha value is -0.650. The van der Waals surface area contributed by atoms with Crippen molar-refractivity contribution in [1.29, 1.82) is 0 Å². The number of aromatic nitrogens is 1. The number of anilines is 1. The van der Waals surface area contributed by atoms with Crippen molar-refractivity contribution in [3.05, 3.63) is 10.6 Å². The van der Waals surface area contributed by atoms with Gasteiger partial charge in [-0.3, -0.25) is 4.79 Å². The Kier molecular flexibility index (Phi) is 6.86. The molecule has 1 aromatic heterocycles. The molecular weight excluding hydrogens is 330 g/mol. The summed E-state index contributed by atoms with van der Waals surface area (Å²) >= 11 is 1.70. The summed E-state index contributed by atoms with van der Waals surface area (Å²) < 4.78 is 0. The van der Waals surface area contributed by atoms with Crippen LogP contribution < -0.4 is 10.6 Å². The smallest absolute Gasteiger partial charge is 0.229 e. The second-order valence-corrected chi connectivity index (χ2v) is 7.94. The van der Waals surface area contributed by atoms with Crippen molar-refractivity contribution in [2.45, 2.75) is 64.8 Å². The molecule has 1 aliphatic carbocycles. The maximum absolute atomic E-state index is 12.4. The van der Waals surface area contributed by atoms with Gasteiger partial charge in [0.05, 0.1) is 5.69 Å². The van der Waals surface area contributed by atoms with Crippen molar-refractivity contribution < 1.29 is 4.79 Å². The lowest BCUT2D eigenvalue weighted by Gasteiger charge is -2.26. The van der Waals surface area contributed by atoms with Gasteiger partial charge in [-0.1, -0.05) is 19.8 Å². The van der Waals surface area contributed by atoms with Crippen molar-refractivity contribution in [3.8, 4) is 0 Å². The first-order valence-electron chi connectivity index (χ1n) is 8.68. The van der Waals surface area contributed by atoms with Gasteiger partial charge in [0.1, 0.15) is 0 Å². The summed E-state index contributed by atoms with van der Waals surface area (Å²) in [6.07, 6.45) is 7.92. The van der Waals surface area contributed by atoms with Gasteiger partial charge in [0.2, 0.25) is 5.91 Å². The third-order valence-corrected chi connectivity index (χ3v) is 6.00. The van der Waals surface area contributed by atoms with E-state index in [1.165, 1.54) is 29.8 Å². The Morgan fingerprint density at radius 2 is 2.26 bits per heavy atom. The third-order valence-electron chi connectivity index (χ3n) is 4.96. The molecule has 0 saturated carbocycles. The number of nitrogens with one attached hydrogen (secondary N) is 2. The quantitative estimate of drug-likeness (QED) is 0.861. The minimum atomic E-state index is 0. The van der Waals surface area contributed by atoms with Crippen molar-refractivity contribution in [3.63, 3.8) is 0 Å². The molecule has 1 aliphatic heterocycles. The number of hydrogen-bond acceptors (Lipinski definition) is 4. The van der Waals surface area contributed by atoms with Crippen LogP contribution in [-0.4, -0.2) is 23.5 Å². The molecule has 0 aromatic carbocycles. The molecule has 4 nitrogen and oxygen atoms in total. The predicted molar refractivity (Wildman–Crippen MR) is 98.6 cm³/mol. The highest BCUT2D eigenvalue weighted by molar-refractivity contribution is 7.15. The number of rotatable bonds is 4. The van der Waals surface area contributed by atoms with E-state index in [9.17, 15) is 4.79 Å². The number of carbonyl (C=O) groups is 1. The predicted octanol–water partition coefficient (Wildman–Crippen LogP) is 3.80. The second kappa shape index (κ2) is 8.45. The molecule has 6 heteroatoms. The van der Waals surface area contributed by atoms with Crippen LogP contribution in [0.15, 0.2) is 0 Å². The van der Waals surface area contributed by atoms with Crippen LogP contribution >= 0.6 is 23.7 Å². The summed E-state index contributed by atoms with van der Waals surface area (Å²) in [6, 6.07) is 0.434. The zero-order valence-electron chi connectivity index (χ0n) is 14.1. The molecule has 23 heavy (non-hydrogen) atoms. The zero-order chi connectivity index (χ0) is 15.5. The number of amides is 1. The number of carbonyl (C=O) groups excluding carboxylic acids is 1. The summed E-state index contributed by atoms with van der Waals surface area (Å²) in [6.45, 7) is 5.34. The Morgan fingerprint density at radius 3 is 3.00 bits per heavy atom. The van der Waals surface area contributed by atoms with Crippen LogP contribution in [0.5, 0.6) is 0 Å². The summed E-state index contributed by atoms with van der Waals surface area (Å²) in [5.74, 6) is 1.10. The lowest BCUT2D eigenvalue weighted by Crippen LogP contribution is -2.40. The minimum absolute atomic E-state index is 0. The molecule has 2 N–H and O–H groups in total. The lowest BCUT2D eigenvalue weighted by molar-refractivity contribution is -0.120. The van der Waals surface area contributed by atoms with E-state index in [2.05, 4.69) is 29.5 Å². The Bertz CT molecular complexity index is 534. The molecular formula is C17H28ClN3OS. The van der Waals surface area contributed by atoms with Crippen LogP contribution in [0.25, 0.3) is 0 Å². The maximum Gasteiger partial charge on any atom is 0.229 e. The third kappa shape index (κ3) is 4.68. The van der Waals surface area contributed by atoms with Crippen LogP contribution in [0.3, 0.4) is 0 Å². The molecule has 3 rings (SSSR count). The van der Waals surface area contributed by atoms with Gasteiger partial charge in [0.25, 0.3) is 0 Å². The molecule has 2 heterocycles. The van der Waals surface area contributed by atoms with E-state index in [0.717, 1.165) is 43.3 Å². The van der Waals surface area contributed by atoms with Crippen molar-refractivity contribution in [2.75, 3.05) is 11.9 Å². The summed E-state index contributed by atoms with van der Waals surface area (Å²) in [4.78, 5) is 18.5. The van der Waals surface area contributed by atoms with E-state index in [0.29, 0.717) is 6.04 Å². The van der Waals surface area contributed by atoms with Crippen LogP contribution in [0.4, 0.5) is 5.13 Å². The SMILES string of the molecule is CCCC1CCc2nc(NC(=O)[C@H]3CCN[C@@H](C)C3)sc2C1.Cl. The minimum Gasteiger partial charge on any atom is -0.314 e. The molecule has 2 aliphatic rings. The van der Waals surface area contributed by atoms with Gasteiger partial charge in [-0.15, -0.1) is 23.7 Å². The molecule has 0 spiro atoms. The highest BCUT2D eigenvalue weighted by Crippen LogP contribution is 2.34. The first kappa shape index (κ1) is 18.7. The van der Waals surface area contributed by atoms with Gasteiger partial charge in [0.15, 0.2) is 5.13 Å². The topological polar surface area (TPSA) is 54.0 Å². The summed E-state index contributed by atoms with van der Waals surface area (Å²) in [7, 11) is 0. The fourth-order valence-corrected chi connectivity index (χ4v) is 4.85. The number of thiazole rings is 1. The Morgan fingerprint density at radius 1 is 1.43 bits per heavy atom. The van der Waals surface area contributed by atoms with E-state index in [4.69, 9.17) is 0 Å². The summed E-state index contributed by atoms with van der Waals surface area (Å²) in [5, 5.41) is 7.29. The van der Waals surface area contributed by atoms with Crippen molar-refractivity contribution in [1.82, 2.24) is 10.3 Å². The average molecular weight is 358 g/mol. The van der Waals surface area contributed by atoms with E-state index in [1.54, 1.807) is 11.3 Å². The molecule has 1 saturated heterocycles.